The number of hydrogen-bond acceptors (Lipinski definition) is 6. The first-order valence-electron chi connectivity index (χ1n) is 10.7. The van der Waals surface area contributed by atoms with Crippen LogP contribution in [0.15, 0.2) is 23.8 Å². The van der Waals surface area contributed by atoms with E-state index in [9.17, 15) is 9.59 Å². The maximum absolute atomic E-state index is 13.3. The van der Waals surface area contributed by atoms with Crippen LogP contribution < -0.4 is 0 Å². The first-order chi connectivity index (χ1) is 14.5. The van der Waals surface area contributed by atoms with Gasteiger partial charge in [-0.25, -0.2) is 0 Å². The molecule has 0 radical (unpaired) electrons. The first-order valence-corrected chi connectivity index (χ1v) is 11.6. The lowest BCUT2D eigenvalue weighted by Crippen LogP contribution is -2.52. The molecule has 162 valence electrons. The van der Waals surface area contributed by atoms with Gasteiger partial charge in [-0.2, -0.15) is 5.10 Å². The monoisotopic (exact) mass is 430 g/mol. The number of Topliss-reactive ketones (excluding diaryl/α,β-unsaturated/α-hetero) is 1. The van der Waals surface area contributed by atoms with Crippen LogP contribution >= 0.6 is 11.3 Å². The number of carbonyl (C=O) groups is 2. The minimum atomic E-state index is -0.146. The number of aryl methyl sites for hydroxylation is 1. The number of ether oxygens (including phenoxy) is 1. The lowest BCUT2D eigenvalue weighted by atomic mass is 9.98. The van der Waals surface area contributed by atoms with Crippen molar-refractivity contribution in [2.24, 2.45) is 7.05 Å². The Morgan fingerprint density at radius 1 is 1.23 bits per heavy atom. The summed E-state index contributed by atoms with van der Waals surface area (Å²) < 4.78 is 7.99. The van der Waals surface area contributed by atoms with E-state index in [1.165, 1.54) is 30.6 Å². The van der Waals surface area contributed by atoms with Gasteiger partial charge in [0.05, 0.1) is 36.2 Å². The molecule has 0 saturated carbocycles. The molecule has 0 N–H and O–H groups in total. The van der Waals surface area contributed by atoms with Gasteiger partial charge in [0.25, 0.3) is 0 Å². The molecule has 2 aromatic rings. The molecule has 30 heavy (non-hydrogen) atoms. The minimum absolute atomic E-state index is 0.0416. The summed E-state index contributed by atoms with van der Waals surface area (Å²) in [5.41, 5.74) is 1.92. The van der Waals surface area contributed by atoms with Crippen molar-refractivity contribution in [1.82, 2.24) is 19.6 Å². The maximum atomic E-state index is 13.3. The van der Waals surface area contributed by atoms with Crippen LogP contribution in [-0.2, 0) is 23.0 Å². The van der Waals surface area contributed by atoms with Crippen molar-refractivity contribution >= 4 is 23.0 Å². The number of thiophene rings is 1. The summed E-state index contributed by atoms with van der Waals surface area (Å²) in [6.45, 7) is 5.69. The van der Waals surface area contributed by atoms with Crippen molar-refractivity contribution in [1.29, 1.82) is 0 Å². The Kier molecular flexibility index (Phi) is 6.65. The zero-order valence-electron chi connectivity index (χ0n) is 17.7. The van der Waals surface area contributed by atoms with Crippen molar-refractivity contribution in [2.75, 3.05) is 32.8 Å². The molecule has 2 aromatic heterocycles. The van der Waals surface area contributed by atoms with Gasteiger partial charge in [0.1, 0.15) is 0 Å². The van der Waals surface area contributed by atoms with E-state index in [4.69, 9.17) is 4.74 Å². The molecule has 2 fully saturated rings. The Balaban J connectivity index is 1.54. The van der Waals surface area contributed by atoms with Crippen LogP contribution in [0.3, 0.4) is 0 Å². The fraction of sp³-hybridized carbons (Fsp3) is 0.591. The molecule has 7 nitrogen and oxygen atoms in total. The van der Waals surface area contributed by atoms with Crippen molar-refractivity contribution in [3.8, 4) is 0 Å². The number of nitrogens with zero attached hydrogens (tertiary/aromatic N) is 4. The highest BCUT2D eigenvalue weighted by Crippen LogP contribution is 2.31. The highest BCUT2D eigenvalue weighted by molar-refractivity contribution is 7.12. The van der Waals surface area contributed by atoms with Gasteiger partial charge in [0.2, 0.25) is 5.91 Å². The van der Waals surface area contributed by atoms with Crippen molar-refractivity contribution in [3.63, 3.8) is 0 Å². The maximum Gasteiger partial charge on any atom is 0.227 e. The summed E-state index contributed by atoms with van der Waals surface area (Å²) in [4.78, 5) is 30.0. The normalized spacial score (nSPS) is 22.9. The van der Waals surface area contributed by atoms with Crippen molar-refractivity contribution in [2.45, 2.75) is 44.8 Å². The SMILES string of the molecule is CC(=O)c1cc(CC(=O)N2CCO[C@@H](CN3CCCCC3)[C@@H]2c2cnn(C)c2)cs1. The molecule has 0 spiro atoms. The highest BCUT2D eigenvalue weighted by Gasteiger charge is 2.38. The molecular formula is C22H30N4O3S. The summed E-state index contributed by atoms with van der Waals surface area (Å²) in [7, 11) is 1.90. The number of likely N-dealkylation sites (tertiary alicyclic amines) is 1. The van der Waals surface area contributed by atoms with Gasteiger partial charge < -0.3 is 14.5 Å². The molecule has 2 aliphatic rings. The topological polar surface area (TPSA) is 67.7 Å². The van der Waals surface area contributed by atoms with Gasteiger partial charge in [0.15, 0.2) is 5.78 Å². The van der Waals surface area contributed by atoms with Gasteiger partial charge in [-0.05, 0) is 49.9 Å². The minimum Gasteiger partial charge on any atom is -0.373 e. The van der Waals surface area contributed by atoms with E-state index in [1.54, 1.807) is 11.6 Å². The second-order valence-electron chi connectivity index (χ2n) is 8.30. The third-order valence-electron chi connectivity index (χ3n) is 5.98. The van der Waals surface area contributed by atoms with E-state index in [0.29, 0.717) is 24.4 Å². The average molecular weight is 431 g/mol. The van der Waals surface area contributed by atoms with Crippen LogP contribution in [0.1, 0.15) is 53.0 Å². The van der Waals surface area contributed by atoms with E-state index in [0.717, 1.165) is 30.8 Å². The van der Waals surface area contributed by atoms with E-state index >= 15 is 0 Å². The van der Waals surface area contributed by atoms with Crippen LogP contribution in [0.25, 0.3) is 0 Å². The third-order valence-corrected chi connectivity index (χ3v) is 7.06. The molecule has 0 aromatic carbocycles. The smallest absolute Gasteiger partial charge is 0.227 e. The fourth-order valence-corrected chi connectivity index (χ4v) is 5.29. The molecule has 2 atom stereocenters. The Morgan fingerprint density at radius 2 is 2.03 bits per heavy atom. The van der Waals surface area contributed by atoms with Crippen LogP contribution in [0, 0.1) is 0 Å². The number of morpholine rings is 1. The van der Waals surface area contributed by atoms with Crippen LogP contribution in [0.5, 0.6) is 0 Å². The number of hydrogen-bond donors (Lipinski definition) is 0. The van der Waals surface area contributed by atoms with Crippen LogP contribution in [0.2, 0.25) is 0 Å². The Bertz CT molecular complexity index is 887. The molecule has 0 aliphatic carbocycles. The Labute approximate surface area is 181 Å². The van der Waals surface area contributed by atoms with Gasteiger partial charge in [-0.3, -0.25) is 14.3 Å². The van der Waals surface area contributed by atoms with E-state index in [1.807, 2.05) is 35.8 Å². The van der Waals surface area contributed by atoms with Crippen LogP contribution in [-0.4, -0.2) is 70.2 Å². The van der Waals surface area contributed by atoms with Crippen LogP contribution in [0.4, 0.5) is 0 Å². The van der Waals surface area contributed by atoms with Gasteiger partial charge in [-0.15, -0.1) is 11.3 Å². The predicted octanol–water partition coefficient (Wildman–Crippen LogP) is 2.68. The molecule has 0 unspecified atom stereocenters. The Hall–Kier alpha value is -2.03. The number of carbonyl (C=O) groups excluding carboxylic acids is 2. The number of rotatable bonds is 6. The molecule has 2 saturated heterocycles. The molecule has 4 rings (SSSR count). The van der Waals surface area contributed by atoms with E-state index in [2.05, 4.69) is 10.00 Å². The van der Waals surface area contributed by atoms with Gasteiger partial charge in [-0.1, -0.05) is 6.42 Å². The summed E-state index contributed by atoms with van der Waals surface area (Å²) >= 11 is 1.41. The van der Waals surface area contributed by atoms with Gasteiger partial charge >= 0.3 is 0 Å². The summed E-state index contributed by atoms with van der Waals surface area (Å²) in [5, 5.41) is 6.26. The van der Waals surface area contributed by atoms with Crippen molar-refractivity contribution < 1.29 is 14.3 Å². The van der Waals surface area contributed by atoms with Crippen molar-refractivity contribution in [3.05, 3.63) is 39.8 Å². The predicted molar refractivity (Wildman–Crippen MR) is 116 cm³/mol. The molecule has 0 bridgehead atoms. The lowest BCUT2D eigenvalue weighted by Gasteiger charge is -2.43. The summed E-state index contributed by atoms with van der Waals surface area (Å²) in [6, 6.07) is 1.70. The number of piperidine rings is 1. The molecule has 1 amide bonds. The zero-order valence-corrected chi connectivity index (χ0v) is 18.6. The molecule has 8 heteroatoms. The Morgan fingerprint density at radius 3 is 2.70 bits per heavy atom. The summed E-state index contributed by atoms with van der Waals surface area (Å²) in [5.74, 6) is 0.114. The average Bonchev–Trinajstić information content (AvgIpc) is 3.38. The molecular weight excluding hydrogens is 400 g/mol. The lowest BCUT2D eigenvalue weighted by molar-refractivity contribution is -0.148. The zero-order chi connectivity index (χ0) is 21.1. The largest absolute Gasteiger partial charge is 0.373 e. The standard InChI is InChI=1S/C22H30N4O3S/c1-16(27)20-10-17(15-30-20)11-21(28)26-8-9-29-19(14-25-6-4-3-5-7-25)22(26)18-12-23-24(2)13-18/h10,12-13,15,19,22H,3-9,11,14H2,1-2H3/t19-,22-/m0/s1. The quantitative estimate of drug-likeness (QED) is 0.659. The van der Waals surface area contributed by atoms with E-state index in [-0.39, 0.29) is 23.8 Å². The van der Waals surface area contributed by atoms with Gasteiger partial charge in [0, 0.05) is 31.9 Å². The fourth-order valence-electron chi connectivity index (χ4n) is 4.48. The number of ketones is 1. The van der Waals surface area contributed by atoms with E-state index < -0.39 is 0 Å². The number of amides is 1. The highest BCUT2D eigenvalue weighted by atomic mass is 32.1. The molecule has 2 aliphatic heterocycles. The second-order valence-corrected chi connectivity index (χ2v) is 9.21. The second kappa shape index (κ2) is 9.41. The third kappa shape index (κ3) is 4.82. The molecule has 4 heterocycles. The number of aromatic nitrogens is 2. The summed E-state index contributed by atoms with van der Waals surface area (Å²) in [6.07, 6.45) is 7.81. The first kappa shape index (κ1) is 21.2.